The van der Waals surface area contributed by atoms with Gasteiger partial charge in [-0.2, -0.15) is 0 Å². The van der Waals surface area contributed by atoms with Gasteiger partial charge in [-0.15, -0.1) is 11.3 Å². The van der Waals surface area contributed by atoms with Crippen molar-refractivity contribution in [3.05, 3.63) is 16.6 Å². The zero-order valence-electron chi connectivity index (χ0n) is 9.31. The van der Waals surface area contributed by atoms with Crippen LogP contribution in [0.25, 0.3) is 0 Å². The first kappa shape index (κ1) is 12.6. The van der Waals surface area contributed by atoms with E-state index in [1.54, 1.807) is 17.5 Å². The average molecular weight is 229 g/mol. The Balaban J connectivity index is 2.71. The summed E-state index contributed by atoms with van der Waals surface area (Å²) < 4.78 is 0. The van der Waals surface area contributed by atoms with E-state index in [2.05, 4.69) is 18.8 Å². The molecule has 0 aliphatic heterocycles. The number of aliphatic hydroxyl groups is 2. The summed E-state index contributed by atoms with van der Waals surface area (Å²) in [5.41, 5.74) is -0.411. The fraction of sp³-hybridized carbons (Fsp3) is 0.727. The molecule has 1 aromatic rings. The third-order valence-corrected chi connectivity index (χ3v) is 3.30. The van der Waals surface area contributed by atoms with Crippen LogP contribution in [0.1, 0.15) is 25.3 Å². The highest BCUT2D eigenvalue weighted by molar-refractivity contribution is 7.09. The number of thiazole rings is 1. The first-order valence-corrected chi connectivity index (χ1v) is 6.10. The SMILES string of the molecule is CC(C)CC(CO)(CO)Cc1nccs1. The second-order valence-electron chi connectivity index (χ2n) is 4.52. The summed E-state index contributed by atoms with van der Waals surface area (Å²) in [6, 6.07) is 0. The predicted octanol–water partition coefficient (Wildman–Crippen LogP) is 1.70. The van der Waals surface area contributed by atoms with E-state index >= 15 is 0 Å². The molecule has 3 nitrogen and oxygen atoms in total. The fourth-order valence-electron chi connectivity index (χ4n) is 1.89. The molecule has 0 radical (unpaired) electrons. The Morgan fingerprint density at radius 2 is 2.07 bits per heavy atom. The molecule has 0 saturated heterocycles. The Labute approximate surface area is 94.8 Å². The lowest BCUT2D eigenvalue weighted by Gasteiger charge is -2.30. The van der Waals surface area contributed by atoms with E-state index in [1.165, 1.54) is 0 Å². The molecule has 4 heteroatoms. The summed E-state index contributed by atoms with van der Waals surface area (Å²) in [5.74, 6) is 0.462. The molecular weight excluding hydrogens is 210 g/mol. The van der Waals surface area contributed by atoms with E-state index in [4.69, 9.17) is 0 Å². The molecule has 0 amide bonds. The van der Waals surface area contributed by atoms with Crippen LogP contribution in [0, 0.1) is 11.3 Å². The number of aliphatic hydroxyl groups excluding tert-OH is 2. The Morgan fingerprint density at radius 3 is 2.47 bits per heavy atom. The lowest BCUT2D eigenvalue weighted by Crippen LogP contribution is -2.33. The van der Waals surface area contributed by atoms with Gasteiger partial charge in [0.25, 0.3) is 0 Å². The van der Waals surface area contributed by atoms with Crippen molar-refractivity contribution in [3.8, 4) is 0 Å². The third kappa shape index (κ3) is 3.55. The molecule has 1 aromatic heterocycles. The highest BCUT2D eigenvalue weighted by Gasteiger charge is 2.30. The number of rotatable bonds is 6. The maximum atomic E-state index is 9.44. The van der Waals surface area contributed by atoms with Crippen molar-refractivity contribution in [1.82, 2.24) is 4.98 Å². The van der Waals surface area contributed by atoms with Gasteiger partial charge in [0.05, 0.1) is 18.2 Å². The molecule has 0 aromatic carbocycles. The van der Waals surface area contributed by atoms with Gasteiger partial charge in [-0.05, 0) is 12.3 Å². The standard InChI is InChI=1S/C11H19NO2S/c1-9(2)5-11(7-13,8-14)6-10-12-3-4-15-10/h3-4,9,13-14H,5-8H2,1-2H3. The third-order valence-electron chi connectivity index (χ3n) is 2.52. The molecule has 2 N–H and O–H groups in total. The van der Waals surface area contributed by atoms with Crippen molar-refractivity contribution >= 4 is 11.3 Å². The van der Waals surface area contributed by atoms with Crippen LogP contribution in [0.5, 0.6) is 0 Å². The smallest absolute Gasteiger partial charge is 0.0932 e. The Hall–Kier alpha value is -0.450. The molecular formula is C11H19NO2S. The van der Waals surface area contributed by atoms with E-state index in [9.17, 15) is 10.2 Å². The van der Waals surface area contributed by atoms with Gasteiger partial charge in [0, 0.05) is 23.4 Å². The summed E-state index contributed by atoms with van der Waals surface area (Å²) in [6.07, 6.45) is 3.24. The van der Waals surface area contributed by atoms with Gasteiger partial charge in [-0.25, -0.2) is 4.98 Å². The maximum absolute atomic E-state index is 9.44. The Kier molecular flexibility index (Phi) is 4.70. The quantitative estimate of drug-likeness (QED) is 0.780. The molecule has 0 fully saturated rings. The Morgan fingerprint density at radius 1 is 1.40 bits per heavy atom. The molecule has 86 valence electrons. The zero-order chi connectivity index (χ0) is 11.3. The van der Waals surface area contributed by atoms with Crippen molar-refractivity contribution in [2.75, 3.05) is 13.2 Å². The second-order valence-corrected chi connectivity index (χ2v) is 5.50. The van der Waals surface area contributed by atoms with Crippen molar-refractivity contribution in [2.45, 2.75) is 26.7 Å². The molecule has 0 aliphatic carbocycles. The lowest BCUT2D eigenvalue weighted by molar-refractivity contribution is 0.0369. The summed E-state index contributed by atoms with van der Waals surface area (Å²) in [7, 11) is 0. The molecule has 0 bridgehead atoms. The van der Waals surface area contributed by atoms with Crippen LogP contribution in [0.15, 0.2) is 11.6 Å². The van der Waals surface area contributed by atoms with Crippen LogP contribution >= 0.6 is 11.3 Å². The number of aromatic nitrogens is 1. The molecule has 0 atom stereocenters. The minimum Gasteiger partial charge on any atom is -0.396 e. The average Bonchev–Trinajstić information content (AvgIpc) is 2.68. The van der Waals surface area contributed by atoms with Crippen molar-refractivity contribution < 1.29 is 10.2 Å². The van der Waals surface area contributed by atoms with Crippen LogP contribution < -0.4 is 0 Å². The first-order chi connectivity index (χ1) is 7.12. The largest absolute Gasteiger partial charge is 0.396 e. The van der Waals surface area contributed by atoms with Crippen LogP contribution in [0.2, 0.25) is 0 Å². The van der Waals surface area contributed by atoms with Crippen molar-refractivity contribution in [2.24, 2.45) is 11.3 Å². The Bertz CT molecular complexity index is 268. The molecule has 0 saturated carbocycles. The molecule has 0 unspecified atom stereocenters. The first-order valence-electron chi connectivity index (χ1n) is 5.22. The summed E-state index contributed by atoms with van der Waals surface area (Å²) in [4.78, 5) is 4.20. The molecule has 0 spiro atoms. The van der Waals surface area contributed by atoms with Gasteiger partial charge < -0.3 is 10.2 Å². The minimum atomic E-state index is -0.411. The fourth-order valence-corrected chi connectivity index (χ4v) is 2.68. The normalized spacial score (nSPS) is 12.3. The van der Waals surface area contributed by atoms with Crippen LogP contribution in [-0.2, 0) is 6.42 Å². The summed E-state index contributed by atoms with van der Waals surface area (Å²) in [5, 5.41) is 21.8. The van der Waals surface area contributed by atoms with Gasteiger partial charge in [0.15, 0.2) is 0 Å². The number of hydrogen-bond donors (Lipinski definition) is 2. The van der Waals surface area contributed by atoms with E-state index < -0.39 is 5.41 Å². The maximum Gasteiger partial charge on any atom is 0.0932 e. The van der Waals surface area contributed by atoms with E-state index in [1.807, 2.05) is 5.38 Å². The summed E-state index contributed by atoms with van der Waals surface area (Å²) in [6.45, 7) is 4.23. The topological polar surface area (TPSA) is 53.4 Å². The monoisotopic (exact) mass is 229 g/mol. The van der Waals surface area contributed by atoms with Gasteiger partial charge in [0.1, 0.15) is 0 Å². The molecule has 1 heterocycles. The van der Waals surface area contributed by atoms with Crippen LogP contribution in [0.4, 0.5) is 0 Å². The highest BCUT2D eigenvalue weighted by Crippen LogP contribution is 2.30. The second kappa shape index (κ2) is 5.58. The number of nitrogens with zero attached hydrogens (tertiary/aromatic N) is 1. The predicted molar refractivity (Wildman–Crippen MR) is 61.9 cm³/mol. The van der Waals surface area contributed by atoms with Gasteiger partial charge in [0.2, 0.25) is 0 Å². The summed E-state index contributed by atoms with van der Waals surface area (Å²) >= 11 is 1.57. The van der Waals surface area contributed by atoms with Crippen LogP contribution in [0.3, 0.4) is 0 Å². The van der Waals surface area contributed by atoms with E-state index in [-0.39, 0.29) is 13.2 Å². The molecule has 1 rings (SSSR count). The van der Waals surface area contributed by atoms with E-state index in [0.717, 1.165) is 11.4 Å². The van der Waals surface area contributed by atoms with Gasteiger partial charge in [-0.3, -0.25) is 0 Å². The van der Waals surface area contributed by atoms with Crippen molar-refractivity contribution in [3.63, 3.8) is 0 Å². The highest BCUT2D eigenvalue weighted by atomic mass is 32.1. The minimum absolute atomic E-state index is 0.0151. The van der Waals surface area contributed by atoms with E-state index in [0.29, 0.717) is 12.3 Å². The van der Waals surface area contributed by atoms with Gasteiger partial charge >= 0.3 is 0 Å². The molecule has 15 heavy (non-hydrogen) atoms. The van der Waals surface area contributed by atoms with Crippen LogP contribution in [-0.4, -0.2) is 28.4 Å². The molecule has 0 aliphatic rings. The number of hydrogen-bond acceptors (Lipinski definition) is 4. The van der Waals surface area contributed by atoms with Gasteiger partial charge in [-0.1, -0.05) is 13.8 Å². The van der Waals surface area contributed by atoms with Crippen molar-refractivity contribution in [1.29, 1.82) is 0 Å². The zero-order valence-corrected chi connectivity index (χ0v) is 10.1. The lowest BCUT2D eigenvalue weighted by atomic mass is 9.79.